The van der Waals surface area contributed by atoms with Gasteiger partial charge in [0.1, 0.15) is 5.82 Å². The Labute approximate surface area is 202 Å². The van der Waals surface area contributed by atoms with Gasteiger partial charge in [-0.25, -0.2) is 14.8 Å². The molecular formula is C25H27BrN6O. The number of amides is 2. The van der Waals surface area contributed by atoms with Crippen LogP contribution in [0.2, 0.25) is 0 Å². The number of piperazine rings is 1. The Morgan fingerprint density at radius 3 is 2.39 bits per heavy atom. The first-order valence-electron chi connectivity index (χ1n) is 11.3. The number of hydrogen-bond acceptors (Lipinski definition) is 5. The zero-order valence-electron chi connectivity index (χ0n) is 18.7. The summed E-state index contributed by atoms with van der Waals surface area (Å²) in [6, 6.07) is 17.7. The van der Waals surface area contributed by atoms with Crippen molar-refractivity contribution in [3.05, 3.63) is 70.3 Å². The van der Waals surface area contributed by atoms with E-state index in [2.05, 4.69) is 50.2 Å². The summed E-state index contributed by atoms with van der Waals surface area (Å²) < 4.78 is 0.982. The number of anilines is 2. The van der Waals surface area contributed by atoms with E-state index in [1.54, 1.807) is 0 Å². The van der Waals surface area contributed by atoms with Crippen LogP contribution in [0.4, 0.5) is 16.3 Å². The number of urea groups is 1. The molecule has 8 heteroatoms. The van der Waals surface area contributed by atoms with Crippen molar-refractivity contribution in [3.8, 4) is 11.4 Å². The van der Waals surface area contributed by atoms with Crippen LogP contribution >= 0.6 is 15.9 Å². The van der Waals surface area contributed by atoms with Crippen LogP contribution in [0.15, 0.2) is 59.1 Å². The lowest BCUT2D eigenvalue weighted by molar-refractivity contribution is 0.206. The van der Waals surface area contributed by atoms with Crippen LogP contribution in [0.25, 0.3) is 11.4 Å². The fourth-order valence-corrected chi connectivity index (χ4v) is 4.57. The summed E-state index contributed by atoms with van der Waals surface area (Å²) in [5.74, 6) is 1.73. The number of aromatic nitrogens is 2. The molecule has 0 saturated carbocycles. The molecule has 170 valence electrons. The summed E-state index contributed by atoms with van der Waals surface area (Å²) in [5.41, 5.74) is 3.91. The van der Waals surface area contributed by atoms with Gasteiger partial charge in [-0.05, 0) is 31.3 Å². The maximum atomic E-state index is 13.0. The molecule has 3 aromatic rings. The predicted octanol–water partition coefficient (Wildman–Crippen LogP) is 4.25. The number of benzene rings is 2. The van der Waals surface area contributed by atoms with Crippen molar-refractivity contribution in [2.24, 2.45) is 0 Å². The van der Waals surface area contributed by atoms with E-state index >= 15 is 0 Å². The standard InChI is InChI=1S/C25H27BrN6O/c1-30-13-15-31(16-14-30)24-21-17-32(25(33)27-20-9-7-19(26)8-10-20)12-11-22(21)28-23(29-24)18-5-3-2-4-6-18/h2-10H,11-17H2,1H3,(H,27,33). The monoisotopic (exact) mass is 506 g/mol. The van der Waals surface area contributed by atoms with Gasteiger partial charge in [0.05, 0.1) is 12.2 Å². The number of nitrogens with one attached hydrogen (secondary N) is 1. The number of hydrogen-bond donors (Lipinski definition) is 1. The number of carbonyl (C=O) groups is 1. The van der Waals surface area contributed by atoms with Crippen LogP contribution in [-0.4, -0.2) is 65.6 Å². The van der Waals surface area contributed by atoms with Gasteiger partial charge >= 0.3 is 6.03 Å². The van der Waals surface area contributed by atoms with E-state index < -0.39 is 0 Å². The Morgan fingerprint density at radius 2 is 1.67 bits per heavy atom. The molecule has 0 aliphatic carbocycles. The lowest BCUT2D eigenvalue weighted by Crippen LogP contribution is -2.46. The molecule has 0 bridgehead atoms. The lowest BCUT2D eigenvalue weighted by Gasteiger charge is -2.37. The number of rotatable bonds is 3. The molecule has 0 spiro atoms. The van der Waals surface area contributed by atoms with Crippen molar-refractivity contribution in [3.63, 3.8) is 0 Å². The molecule has 2 amide bonds. The van der Waals surface area contributed by atoms with E-state index in [9.17, 15) is 4.79 Å². The minimum absolute atomic E-state index is 0.0977. The molecule has 7 nitrogen and oxygen atoms in total. The molecule has 1 N–H and O–H groups in total. The van der Waals surface area contributed by atoms with E-state index in [4.69, 9.17) is 9.97 Å². The highest BCUT2D eigenvalue weighted by atomic mass is 79.9. The number of halogens is 1. The topological polar surface area (TPSA) is 64.6 Å². The Hall–Kier alpha value is -2.97. The van der Waals surface area contributed by atoms with Gasteiger partial charge in [0.15, 0.2) is 5.82 Å². The zero-order valence-corrected chi connectivity index (χ0v) is 20.3. The molecule has 1 saturated heterocycles. The number of fused-ring (bicyclic) bond motifs is 1. The first-order valence-corrected chi connectivity index (χ1v) is 12.1. The number of carbonyl (C=O) groups excluding carboxylic acids is 1. The van der Waals surface area contributed by atoms with Crippen LogP contribution in [-0.2, 0) is 13.0 Å². The number of likely N-dealkylation sites (N-methyl/N-ethyl adjacent to an activating group) is 1. The summed E-state index contributed by atoms with van der Waals surface area (Å²) in [6.45, 7) is 4.95. The zero-order chi connectivity index (χ0) is 22.8. The van der Waals surface area contributed by atoms with Gasteiger partial charge in [0.25, 0.3) is 0 Å². The minimum atomic E-state index is -0.0977. The van der Waals surface area contributed by atoms with Crippen molar-refractivity contribution in [2.75, 3.05) is 50.0 Å². The van der Waals surface area contributed by atoms with Crippen molar-refractivity contribution in [1.29, 1.82) is 0 Å². The fraction of sp³-hybridized carbons (Fsp3) is 0.320. The van der Waals surface area contributed by atoms with Gasteiger partial charge in [-0.15, -0.1) is 0 Å². The molecule has 33 heavy (non-hydrogen) atoms. The highest BCUT2D eigenvalue weighted by Gasteiger charge is 2.29. The van der Waals surface area contributed by atoms with E-state index in [1.165, 1.54) is 0 Å². The van der Waals surface area contributed by atoms with E-state index in [0.29, 0.717) is 19.5 Å². The highest BCUT2D eigenvalue weighted by molar-refractivity contribution is 9.10. The second kappa shape index (κ2) is 9.49. The molecule has 5 rings (SSSR count). The first-order chi connectivity index (χ1) is 16.1. The summed E-state index contributed by atoms with van der Waals surface area (Å²) in [4.78, 5) is 29.5. The van der Waals surface area contributed by atoms with E-state index in [0.717, 1.165) is 64.8 Å². The molecule has 0 radical (unpaired) electrons. The van der Waals surface area contributed by atoms with Crippen molar-refractivity contribution < 1.29 is 4.79 Å². The van der Waals surface area contributed by atoms with Gasteiger partial charge < -0.3 is 20.0 Å². The van der Waals surface area contributed by atoms with Crippen molar-refractivity contribution in [2.45, 2.75) is 13.0 Å². The molecular weight excluding hydrogens is 480 g/mol. The fourth-order valence-electron chi connectivity index (χ4n) is 4.30. The second-order valence-electron chi connectivity index (χ2n) is 8.56. The molecule has 3 heterocycles. The van der Waals surface area contributed by atoms with Crippen LogP contribution in [0, 0.1) is 0 Å². The Bertz CT molecular complexity index is 1130. The van der Waals surface area contributed by atoms with Gasteiger partial charge in [0, 0.05) is 60.4 Å². The van der Waals surface area contributed by atoms with Crippen LogP contribution in [0.3, 0.4) is 0 Å². The summed E-state index contributed by atoms with van der Waals surface area (Å²) in [7, 11) is 2.15. The Balaban J connectivity index is 1.44. The molecule has 1 aromatic heterocycles. The van der Waals surface area contributed by atoms with Crippen molar-refractivity contribution in [1.82, 2.24) is 19.8 Å². The van der Waals surface area contributed by atoms with Gasteiger partial charge in [0.2, 0.25) is 0 Å². The SMILES string of the molecule is CN1CCN(c2nc(-c3ccccc3)nc3c2CN(C(=O)Nc2ccc(Br)cc2)CC3)CC1. The highest BCUT2D eigenvalue weighted by Crippen LogP contribution is 2.30. The second-order valence-corrected chi connectivity index (χ2v) is 9.48. The average Bonchev–Trinajstić information content (AvgIpc) is 2.85. The third kappa shape index (κ3) is 4.86. The third-order valence-corrected chi connectivity index (χ3v) is 6.78. The van der Waals surface area contributed by atoms with Gasteiger partial charge in [-0.2, -0.15) is 0 Å². The van der Waals surface area contributed by atoms with Gasteiger partial charge in [-0.1, -0.05) is 46.3 Å². The first kappa shape index (κ1) is 21.9. The van der Waals surface area contributed by atoms with E-state index in [1.807, 2.05) is 47.4 Å². The lowest BCUT2D eigenvalue weighted by atomic mass is 10.0. The quantitative estimate of drug-likeness (QED) is 0.575. The molecule has 0 atom stereocenters. The third-order valence-electron chi connectivity index (χ3n) is 6.26. The van der Waals surface area contributed by atoms with E-state index in [-0.39, 0.29) is 6.03 Å². The Kier molecular flexibility index (Phi) is 6.28. The van der Waals surface area contributed by atoms with Crippen molar-refractivity contribution >= 4 is 33.5 Å². The average molecular weight is 507 g/mol. The summed E-state index contributed by atoms with van der Waals surface area (Å²) in [6.07, 6.45) is 0.714. The molecule has 0 unspecified atom stereocenters. The summed E-state index contributed by atoms with van der Waals surface area (Å²) in [5, 5.41) is 3.02. The maximum Gasteiger partial charge on any atom is 0.322 e. The summed E-state index contributed by atoms with van der Waals surface area (Å²) >= 11 is 3.43. The minimum Gasteiger partial charge on any atom is -0.354 e. The molecule has 1 fully saturated rings. The largest absolute Gasteiger partial charge is 0.354 e. The molecule has 2 aromatic carbocycles. The number of nitrogens with zero attached hydrogens (tertiary/aromatic N) is 5. The van der Waals surface area contributed by atoms with Crippen LogP contribution in [0.1, 0.15) is 11.3 Å². The Morgan fingerprint density at radius 1 is 0.939 bits per heavy atom. The van der Waals surface area contributed by atoms with Gasteiger partial charge in [-0.3, -0.25) is 0 Å². The molecule has 2 aliphatic rings. The molecule has 2 aliphatic heterocycles. The normalized spacial score (nSPS) is 16.4. The predicted molar refractivity (Wildman–Crippen MR) is 134 cm³/mol. The maximum absolute atomic E-state index is 13.0. The smallest absolute Gasteiger partial charge is 0.322 e. The van der Waals surface area contributed by atoms with Crippen LogP contribution in [0.5, 0.6) is 0 Å². The van der Waals surface area contributed by atoms with Crippen LogP contribution < -0.4 is 10.2 Å².